The van der Waals surface area contributed by atoms with Crippen LogP contribution in [-0.4, -0.2) is 22.7 Å². The summed E-state index contributed by atoms with van der Waals surface area (Å²) in [6.07, 6.45) is 5.39. The van der Waals surface area contributed by atoms with Gasteiger partial charge in [0.05, 0.1) is 11.7 Å². The van der Waals surface area contributed by atoms with Crippen molar-refractivity contribution in [3.63, 3.8) is 0 Å². The van der Waals surface area contributed by atoms with Crippen LogP contribution in [0.3, 0.4) is 0 Å². The quantitative estimate of drug-likeness (QED) is 0.460. The molecule has 1 aliphatic carbocycles. The van der Waals surface area contributed by atoms with E-state index in [2.05, 4.69) is 41.2 Å². The summed E-state index contributed by atoms with van der Waals surface area (Å²) >= 11 is 3.09. The lowest BCUT2D eigenvalue weighted by Gasteiger charge is -2.28. The number of amides is 1. The van der Waals surface area contributed by atoms with Gasteiger partial charge in [-0.25, -0.2) is 4.98 Å². The van der Waals surface area contributed by atoms with Crippen molar-refractivity contribution in [2.24, 2.45) is 5.41 Å². The molecule has 0 unspecified atom stereocenters. The first kappa shape index (κ1) is 22.8. The van der Waals surface area contributed by atoms with Crippen LogP contribution < -0.4 is 10.0 Å². The van der Waals surface area contributed by atoms with Gasteiger partial charge in [-0.15, -0.1) is 11.3 Å². The average molecular weight is 446 g/mol. The molecule has 1 aromatic heterocycles. The maximum absolute atomic E-state index is 12.7. The van der Waals surface area contributed by atoms with Crippen LogP contribution in [0.2, 0.25) is 0 Å². The Morgan fingerprint density at radius 3 is 2.43 bits per heavy atom. The molecular weight excluding hydrogens is 414 g/mol. The normalized spacial score (nSPS) is 16.4. The molecule has 1 fully saturated rings. The number of benzene rings is 1. The standard InChI is InChI=1S/C23H31N3O2S2/c1-15(2)20-14-29-22(25-20)30-26-18-9-7-17(8-10-18)21(28)24-19(16(3)27)13-23(4)11-5-6-12-23/h7-10,14-15,19,26H,5-6,11-13H2,1-4H3,(H,24,28)/t19-/m0/s1. The number of nitrogens with zero attached hydrogens (tertiary/aromatic N) is 1. The number of rotatable bonds is 9. The Bertz CT molecular complexity index is 871. The van der Waals surface area contributed by atoms with Crippen molar-refractivity contribution in [2.75, 3.05) is 4.72 Å². The summed E-state index contributed by atoms with van der Waals surface area (Å²) in [5.41, 5.74) is 2.71. The first-order valence-electron chi connectivity index (χ1n) is 10.6. The molecule has 7 heteroatoms. The summed E-state index contributed by atoms with van der Waals surface area (Å²) in [5.74, 6) is 0.247. The van der Waals surface area contributed by atoms with Crippen LogP contribution in [0, 0.1) is 5.41 Å². The minimum atomic E-state index is -0.422. The molecular formula is C23H31N3O2S2. The van der Waals surface area contributed by atoms with Crippen molar-refractivity contribution >= 4 is 40.7 Å². The van der Waals surface area contributed by atoms with Gasteiger partial charge in [0.15, 0.2) is 10.1 Å². The average Bonchev–Trinajstić information content (AvgIpc) is 3.35. The Labute approximate surface area is 187 Å². The molecule has 3 rings (SSSR count). The third kappa shape index (κ3) is 6.08. The Balaban J connectivity index is 1.56. The SMILES string of the molecule is CC(=O)[C@H](CC1(C)CCCC1)NC(=O)c1ccc(NSc2nc(C(C)C)cs2)cc1. The number of aromatic nitrogens is 1. The molecule has 1 heterocycles. The minimum absolute atomic E-state index is 0.0235. The molecule has 2 N–H and O–H groups in total. The van der Waals surface area contributed by atoms with Gasteiger partial charge < -0.3 is 10.0 Å². The molecule has 1 amide bonds. The topological polar surface area (TPSA) is 71.1 Å². The minimum Gasteiger partial charge on any atom is -0.342 e. The van der Waals surface area contributed by atoms with Crippen molar-refractivity contribution < 1.29 is 9.59 Å². The number of ketones is 1. The molecule has 1 aromatic carbocycles. The predicted octanol–water partition coefficient (Wildman–Crippen LogP) is 6.04. The highest BCUT2D eigenvalue weighted by atomic mass is 32.2. The lowest BCUT2D eigenvalue weighted by molar-refractivity contribution is -0.119. The third-order valence-corrected chi connectivity index (χ3v) is 7.59. The Kier molecular flexibility index (Phi) is 7.58. The fourth-order valence-corrected chi connectivity index (χ4v) is 5.50. The Morgan fingerprint density at radius 1 is 1.20 bits per heavy atom. The van der Waals surface area contributed by atoms with Crippen molar-refractivity contribution in [3.05, 3.63) is 40.9 Å². The molecule has 162 valence electrons. The van der Waals surface area contributed by atoms with E-state index in [0.717, 1.165) is 35.0 Å². The zero-order chi connectivity index (χ0) is 21.7. The van der Waals surface area contributed by atoms with E-state index in [1.165, 1.54) is 24.8 Å². The summed E-state index contributed by atoms with van der Waals surface area (Å²) in [7, 11) is 0. The van der Waals surface area contributed by atoms with Gasteiger partial charge in [-0.2, -0.15) is 0 Å². The monoisotopic (exact) mass is 445 g/mol. The predicted molar refractivity (Wildman–Crippen MR) is 125 cm³/mol. The number of carbonyl (C=O) groups is 2. The summed E-state index contributed by atoms with van der Waals surface area (Å²) in [6, 6.07) is 6.90. The van der Waals surface area contributed by atoms with Crippen LogP contribution in [0.1, 0.15) is 81.8 Å². The summed E-state index contributed by atoms with van der Waals surface area (Å²) < 4.78 is 4.23. The van der Waals surface area contributed by atoms with E-state index in [4.69, 9.17) is 0 Å². The van der Waals surface area contributed by atoms with Crippen molar-refractivity contribution in [1.82, 2.24) is 10.3 Å². The fourth-order valence-electron chi connectivity index (χ4n) is 3.84. The van der Waals surface area contributed by atoms with Gasteiger partial charge in [0, 0.05) is 28.6 Å². The second-order valence-corrected chi connectivity index (χ2v) is 10.7. The van der Waals surface area contributed by atoms with Gasteiger partial charge in [-0.1, -0.05) is 33.6 Å². The smallest absolute Gasteiger partial charge is 0.251 e. The Hall–Kier alpha value is -1.86. The van der Waals surface area contributed by atoms with Crippen molar-refractivity contribution in [2.45, 2.75) is 76.1 Å². The number of anilines is 1. The molecule has 5 nitrogen and oxygen atoms in total. The van der Waals surface area contributed by atoms with E-state index in [1.807, 2.05) is 12.1 Å². The first-order chi connectivity index (χ1) is 14.3. The van der Waals surface area contributed by atoms with Crippen molar-refractivity contribution in [1.29, 1.82) is 0 Å². The van der Waals surface area contributed by atoms with Gasteiger partial charge in [-0.05, 0) is 61.8 Å². The van der Waals surface area contributed by atoms with Crippen LogP contribution in [0.4, 0.5) is 5.69 Å². The zero-order valence-corrected chi connectivity index (χ0v) is 19.8. The van der Waals surface area contributed by atoms with Gasteiger partial charge in [0.2, 0.25) is 0 Å². The molecule has 1 saturated carbocycles. The molecule has 0 spiro atoms. The second kappa shape index (κ2) is 9.96. The van der Waals surface area contributed by atoms with Gasteiger partial charge in [0.25, 0.3) is 5.91 Å². The van der Waals surface area contributed by atoms with Gasteiger partial charge in [-0.3, -0.25) is 9.59 Å². The van der Waals surface area contributed by atoms with E-state index in [9.17, 15) is 9.59 Å². The molecule has 2 aromatic rings. The van der Waals surface area contributed by atoms with E-state index >= 15 is 0 Å². The first-order valence-corrected chi connectivity index (χ1v) is 12.2. The largest absolute Gasteiger partial charge is 0.342 e. The summed E-state index contributed by atoms with van der Waals surface area (Å²) in [5, 5.41) is 5.04. The van der Waals surface area contributed by atoms with Crippen LogP contribution in [-0.2, 0) is 4.79 Å². The van der Waals surface area contributed by atoms with E-state index in [-0.39, 0.29) is 17.1 Å². The maximum Gasteiger partial charge on any atom is 0.251 e. The van der Waals surface area contributed by atoms with Crippen LogP contribution in [0.25, 0.3) is 0 Å². The van der Waals surface area contributed by atoms with Crippen LogP contribution >= 0.6 is 23.3 Å². The van der Waals surface area contributed by atoms with Crippen LogP contribution in [0.5, 0.6) is 0 Å². The highest BCUT2D eigenvalue weighted by Crippen LogP contribution is 2.41. The Morgan fingerprint density at radius 2 is 1.87 bits per heavy atom. The molecule has 30 heavy (non-hydrogen) atoms. The summed E-state index contributed by atoms with van der Waals surface area (Å²) in [4.78, 5) is 29.4. The highest BCUT2D eigenvalue weighted by Gasteiger charge is 2.33. The molecule has 0 saturated heterocycles. The lowest BCUT2D eigenvalue weighted by Crippen LogP contribution is -2.42. The van der Waals surface area contributed by atoms with Crippen LogP contribution in [0.15, 0.2) is 34.0 Å². The second-order valence-electron chi connectivity index (χ2n) is 8.83. The molecule has 0 radical (unpaired) electrons. The molecule has 0 bridgehead atoms. The number of hydrogen-bond acceptors (Lipinski definition) is 6. The number of Topliss-reactive ketones (excluding diaryl/α,β-unsaturated/α-hetero) is 1. The molecule has 1 aliphatic rings. The van der Waals surface area contributed by atoms with Gasteiger partial charge in [0.1, 0.15) is 0 Å². The number of carbonyl (C=O) groups excluding carboxylic acids is 2. The molecule has 1 atom stereocenters. The fraction of sp³-hybridized carbons (Fsp3) is 0.522. The summed E-state index contributed by atoms with van der Waals surface area (Å²) in [6.45, 7) is 8.06. The lowest BCUT2D eigenvalue weighted by atomic mass is 9.81. The van der Waals surface area contributed by atoms with E-state index in [0.29, 0.717) is 11.5 Å². The highest BCUT2D eigenvalue weighted by molar-refractivity contribution is 8.02. The van der Waals surface area contributed by atoms with Gasteiger partial charge >= 0.3 is 0 Å². The number of thiazole rings is 1. The zero-order valence-electron chi connectivity index (χ0n) is 18.2. The van der Waals surface area contributed by atoms with E-state index in [1.54, 1.807) is 30.4 Å². The van der Waals surface area contributed by atoms with E-state index < -0.39 is 6.04 Å². The number of nitrogens with one attached hydrogen (secondary N) is 2. The third-order valence-electron chi connectivity index (χ3n) is 5.80. The molecule has 0 aliphatic heterocycles. The van der Waals surface area contributed by atoms with Crippen molar-refractivity contribution in [3.8, 4) is 0 Å². The number of hydrogen-bond donors (Lipinski definition) is 2. The maximum atomic E-state index is 12.7.